The second-order valence-corrected chi connectivity index (χ2v) is 4.91. The summed E-state index contributed by atoms with van der Waals surface area (Å²) in [6.45, 7) is 3.81. The maximum atomic E-state index is 11.4. The van der Waals surface area contributed by atoms with E-state index >= 15 is 0 Å². The number of benzene rings is 1. The average molecular weight is 267 g/mol. The SMILES string of the molecule is CNC(=O)COC(=O)CSc1ccc(C)cc1C. The molecule has 98 valence electrons. The molecular weight excluding hydrogens is 250 g/mol. The molecule has 0 aliphatic rings. The fourth-order valence-electron chi connectivity index (χ4n) is 1.36. The van der Waals surface area contributed by atoms with E-state index in [0.29, 0.717) is 0 Å². The number of thioether (sulfide) groups is 1. The van der Waals surface area contributed by atoms with Crippen LogP contribution in [0.3, 0.4) is 0 Å². The van der Waals surface area contributed by atoms with Gasteiger partial charge in [0.05, 0.1) is 5.75 Å². The minimum atomic E-state index is -0.386. The molecule has 0 atom stereocenters. The molecule has 5 heteroatoms. The Kier molecular flexibility index (Phi) is 5.71. The summed E-state index contributed by atoms with van der Waals surface area (Å²) >= 11 is 1.42. The maximum absolute atomic E-state index is 11.4. The number of hydrogen-bond acceptors (Lipinski definition) is 4. The molecule has 0 saturated heterocycles. The van der Waals surface area contributed by atoms with Crippen molar-refractivity contribution in [3.63, 3.8) is 0 Å². The van der Waals surface area contributed by atoms with Crippen LogP contribution in [-0.4, -0.2) is 31.3 Å². The number of likely N-dealkylation sites (N-methyl/N-ethyl adjacent to an activating group) is 1. The van der Waals surface area contributed by atoms with Gasteiger partial charge in [-0.1, -0.05) is 17.7 Å². The van der Waals surface area contributed by atoms with Crippen LogP contribution >= 0.6 is 11.8 Å². The summed E-state index contributed by atoms with van der Waals surface area (Å²) in [5, 5.41) is 2.39. The summed E-state index contributed by atoms with van der Waals surface area (Å²) in [5.74, 6) is -0.482. The molecule has 18 heavy (non-hydrogen) atoms. The number of carbonyl (C=O) groups is 2. The van der Waals surface area contributed by atoms with Gasteiger partial charge in [-0.3, -0.25) is 9.59 Å². The third kappa shape index (κ3) is 4.79. The summed E-state index contributed by atoms with van der Waals surface area (Å²) in [6, 6.07) is 6.06. The summed E-state index contributed by atoms with van der Waals surface area (Å²) < 4.78 is 4.81. The van der Waals surface area contributed by atoms with Gasteiger partial charge < -0.3 is 10.1 Å². The Hall–Kier alpha value is -1.49. The van der Waals surface area contributed by atoms with Crippen molar-refractivity contribution in [2.75, 3.05) is 19.4 Å². The lowest BCUT2D eigenvalue weighted by Crippen LogP contribution is -2.25. The van der Waals surface area contributed by atoms with Crippen LogP contribution in [-0.2, 0) is 14.3 Å². The molecule has 1 aromatic rings. The number of rotatable bonds is 5. The molecular formula is C13H17NO3S. The molecule has 0 radical (unpaired) electrons. The lowest BCUT2D eigenvalue weighted by Gasteiger charge is -2.06. The van der Waals surface area contributed by atoms with Crippen molar-refractivity contribution >= 4 is 23.6 Å². The molecule has 1 aromatic carbocycles. The number of esters is 1. The summed E-state index contributed by atoms with van der Waals surface area (Å²) in [6.07, 6.45) is 0. The summed E-state index contributed by atoms with van der Waals surface area (Å²) in [4.78, 5) is 23.3. The first-order valence-corrected chi connectivity index (χ1v) is 6.57. The predicted molar refractivity (Wildman–Crippen MR) is 71.7 cm³/mol. The third-order valence-corrected chi connectivity index (χ3v) is 3.47. The van der Waals surface area contributed by atoms with Gasteiger partial charge in [0.1, 0.15) is 0 Å². The lowest BCUT2D eigenvalue weighted by molar-refractivity contribution is -0.145. The molecule has 0 aliphatic heterocycles. The Balaban J connectivity index is 2.40. The molecule has 0 unspecified atom stereocenters. The highest BCUT2D eigenvalue weighted by Crippen LogP contribution is 2.23. The van der Waals surface area contributed by atoms with Crippen molar-refractivity contribution in [3.8, 4) is 0 Å². The van der Waals surface area contributed by atoms with Crippen LogP contribution < -0.4 is 5.32 Å². The molecule has 1 amide bonds. The quantitative estimate of drug-likeness (QED) is 0.651. The van der Waals surface area contributed by atoms with Crippen molar-refractivity contribution < 1.29 is 14.3 Å². The standard InChI is InChI=1S/C13H17NO3S/c1-9-4-5-11(10(2)6-9)18-8-13(16)17-7-12(15)14-3/h4-6H,7-8H2,1-3H3,(H,14,15). The minimum absolute atomic E-state index is 0.209. The lowest BCUT2D eigenvalue weighted by atomic mass is 10.2. The fraction of sp³-hybridized carbons (Fsp3) is 0.385. The number of aryl methyl sites for hydroxylation is 2. The molecule has 1 N–H and O–H groups in total. The number of hydrogen-bond donors (Lipinski definition) is 1. The van der Waals surface area contributed by atoms with Gasteiger partial charge in [0.25, 0.3) is 5.91 Å². The van der Waals surface area contributed by atoms with Crippen molar-refractivity contribution in [3.05, 3.63) is 29.3 Å². The Labute approximate surface area is 111 Å². The van der Waals surface area contributed by atoms with Gasteiger partial charge in [-0.05, 0) is 25.5 Å². The van der Waals surface area contributed by atoms with Gasteiger partial charge in [-0.15, -0.1) is 11.8 Å². The van der Waals surface area contributed by atoms with E-state index in [1.165, 1.54) is 24.4 Å². The fourth-order valence-corrected chi connectivity index (χ4v) is 2.17. The van der Waals surface area contributed by atoms with Crippen LogP contribution in [0.1, 0.15) is 11.1 Å². The zero-order chi connectivity index (χ0) is 13.5. The monoisotopic (exact) mass is 267 g/mol. The Morgan fingerprint density at radius 1 is 1.33 bits per heavy atom. The number of amides is 1. The highest BCUT2D eigenvalue weighted by Gasteiger charge is 2.08. The van der Waals surface area contributed by atoms with Crippen molar-refractivity contribution in [2.45, 2.75) is 18.7 Å². The highest BCUT2D eigenvalue weighted by atomic mass is 32.2. The smallest absolute Gasteiger partial charge is 0.316 e. The van der Waals surface area contributed by atoms with E-state index in [4.69, 9.17) is 4.74 Å². The van der Waals surface area contributed by atoms with Gasteiger partial charge in [0.2, 0.25) is 0 Å². The van der Waals surface area contributed by atoms with Gasteiger partial charge in [0, 0.05) is 11.9 Å². The van der Waals surface area contributed by atoms with Crippen LogP contribution in [0.2, 0.25) is 0 Å². The minimum Gasteiger partial charge on any atom is -0.455 e. The van der Waals surface area contributed by atoms with E-state index in [9.17, 15) is 9.59 Å². The second-order valence-electron chi connectivity index (χ2n) is 3.89. The molecule has 0 spiro atoms. The highest BCUT2D eigenvalue weighted by molar-refractivity contribution is 8.00. The predicted octanol–water partition coefficient (Wildman–Crippen LogP) is 1.68. The molecule has 0 aliphatic carbocycles. The summed E-state index contributed by atoms with van der Waals surface area (Å²) in [7, 11) is 1.50. The first-order valence-electron chi connectivity index (χ1n) is 5.59. The van der Waals surface area contributed by atoms with Crippen LogP contribution in [0.5, 0.6) is 0 Å². The Morgan fingerprint density at radius 2 is 2.06 bits per heavy atom. The molecule has 0 aromatic heterocycles. The average Bonchev–Trinajstić information content (AvgIpc) is 2.34. The van der Waals surface area contributed by atoms with Crippen molar-refractivity contribution in [1.29, 1.82) is 0 Å². The van der Waals surface area contributed by atoms with Crippen LogP contribution in [0.15, 0.2) is 23.1 Å². The van der Waals surface area contributed by atoms with Crippen molar-refractivity contribution in [1.82, 2.24) is 5.32 Å². The molecule has 4 nitrogen and oxygen atoms in total. The Bertz CT molecular complexity index is 446. The van der Waals surface area contributed by atoms with Gasteiger partial charge in [-0.25, -0.2) is 0 Å². The van der Waals surface area contributed by atoms with E-state index in [0.717, 1.165) is 10.5 Å². The number of ether oxygens (including phenoxy) is 1. The van der Waals surface area contributed by atoms with Crippen LogP contribution in [0.4, 0.5) is 0 Å². The van der Waals surface area contributed by atoms with E-state index in [-0.39, 0.29) is 24.2 Å². The molecule has 0 saturated carbocycles. The van der Waals surface area contributed by atoms with Gasteiger partial charge in [0.15, 0.2) is 6.61 Å². The summed E-state index contributed by atoms with van der Waals surface area (Å²) in [5.41, 5.74) is 2.33. The molecule has 1 rings (SSSR count). The van der Waals surface area contributed by atoms with Crippen molar-refractivity contribution in [2.24, 2.45) is 0 Å². The number of nitrogens with one attached hydrogen (secondary N) is 1. The normalized spacial score (nSPS) is 9.94. The van der Waals surface area contributed by atoms with E-state index in [2.05, 4.69) is 11.4 Å². The second kappa shape index (κ2) is 7.06. The van der Waals surface area contributed by atoms with Gasteiger partial charge >= 0.3 is 5.97 Å². The van der Waals surface area contributed by atoms with Crippen LogP contribution in [0.25, 0.3) is 0 Å². The van der Waals surface area contributed by atoms with E-state index < -0.39 is 0 Å². The third-order valence-electron chi connectivity index (χ3n) is 2.32. The van der Waals surface area contributed by atoms with E-state index in [1.54, 1.807) is 0 Å². The molecule has 0 bridgehead atoms. The number of carbonyl (C=O) groups excluding carboxylic acids is 2. The zero-order valence-electron chi connectivity index (χ0n) is 10.8. The maximum Gasteiger partial charge on any atom is 0.316 e. The molecule has 0 fully saturated rings. The van der Waals surface area contributed by atoms with Gasteiger partial charge in [-0.2, -0.15) is 0 Å². The Morgan fingerprint density at radius 3 is 2.67 bits per heavy atom. The van der Waals surface area contributed by atoms with Crippen LogP contribution in [0, 0.1) is 13.8 Å². The largest absolute Gasteiger partial charge is 0.455 e. The zero-order valence-corrected chi connectivity index (χ0v) is 11.6. The topological polar surface area (TPSA) is 55.4 Å². The first kappa shape index (κ1) is 14.6. The van der Waals surface area contributed by atoms with E-state index in [1.807, 2.05) is 26.0 Å². The molecule has 0 heterocycles. The first-order chi connectivity index (χ1) is 8.52.